The maximum atomic E-state index is 16.0. The lowest BCUT2D eigenvalue weighted by atomic mass is 10.1. The number of alkyl halides is 1. The van der Waals surface area contributed by atoms with Gasteiger partial charge >= 0.3 is 6.72 Å². The molecule has 1 aliphatic carbocycles. The third-order valence-corrected chi connectivity index (χ3v) is 9.02. The minimum Gasteiger partial charge on any atom is -0.388 e. The summed E-state index contributed by atoms with van der Waals surface area (Å²) in [5.74, 6) is -0.0203. The number of fused-ring (bicyclic) bond motifs is 5. The number of nitrogen functional groups attached to an aromatic ring is 2. The summed E-state index contributed by atoms with van der Waals surface area (Å²) in [6, 6.07) is -0.693. The van der Waals surface area contributed by atoms with E-state index < -0.39 is 61.2 Å². The van der Waals surface area contributed by atoms with Crippen molar-refractivity contribution in [2.24, 2.45) is 0 Å². The molecule has 4 aromatic rings. The molecule has 0 radical (unpaired) electrons. The monoisotopic (exact) mass is 626 g/mol. The van der Waals surface area contributed by atoms with Crippen LogP contribution in [0.25, 0.3) is 22.3 Å². The summed E-state index contributed by atoms with van der Waals surface area (Å²) in [6.45, 7) is -4.78. The molecule has 0 aromatic carbocycles. The van der Waals surface area contributed by atoms with E-state index in [1.165, 1.54) is 28.1 Å². The van der Waals surface area contributed by atoms with Crippen molar-refractivity contribution in [3.63, 3.8) is 0 Å². The Hall–Kier alpha value is -3.20. The van der Waals surface area contributed by atoms with Crippen molar-refractivity contribution < 1.29 is 37.6 Å². The maximum absolute atomic E-state index is 16.0. The molecule has 0 spiro atoms. The summed E-state index contributed by atoms with van der Waals surface area (Å²) in [5.41, 5.74) is 11.7. The number of anilines is 2. The van der Waals surface area contributed by atoms with E-state index in [9.17, 15) is 14.8 Å². The molecule has 2 saturated heterocycles. The number of aliphatic hydroxyl groups is 1. The molecule has 2 aliphatic heterocycles. The Morgan fingerprint density at radius 3 is 2.69 bits per heavy atom. The van der Waals surface area contributed by atoms with Crippen molar-refractivity contribution >= 4 is 52.6 Å². The second-order valence-corrected chi connectivity index (χ2v) is 12.7. The van der Waals surface area contributed by atoms with Gasteiger partial charge in [0, 0.05) is 6.42 Å². The average molecular weight is 627 g/mol. The highest BCUT2D eigenvalue weighted by Crippen LogP contribution is 2.53. The normalized spacial score (nSPS) is 35.7. The summed E-state index contributed by atoms with van der Waals surface area (Å²) in [5, 5.41) is 11.1. The molecule has 4 aromatic heterocycles. The first-order valence-corrected chi connectivity index (χ1v) is 15.2. The molecule has 3 aliphatic rings. The number of aromatic nitrogens is 8. The third kappa shape index (κ3) is 4.55. The van der Waals surface area contributed by atoms with E-state index in [2.05, 4.69) is 29.9 Å². The predicted octanol–water partition coefficient (Wildman–Crippen LogP) is -0.975. The summed E-state index contributed by atoms with van der Waals surface area (Å²) < 4.78 is 47.7. The van der Waals surface area contributed by atoms with Crippen LogP contribution in [0.5, 0.6) is 0 Å². The quantitative estimate of drug-likeness (QED) is 0.168. The van der Waals surface area contributed by atoms with E-state index in [-0.39, 0.29) is 53.9 Å². The lowest BCUT2D eigenvalue weighted by Gasteiger charge is -2.29. The lowest BCUT2D eigenvalue weighted by molar-refractivity contribution is -0.156. The number of nitrogens with one attached hydrogen (secondary N) is 1. The van der Waals surface area contributed by atoms with Crippen LogP contribution in [0.4, 0.5) is 16.2 Å². The number of halogens is 1. The number of hydrogen-bond donors (Lipinski definition) is 5. The van der Waals surface area contributed by atoms with Crippen molar-refractivity contribution in [1.82, 2.24) is 39.0 Å². The van der Waals surface area contributed by atoms with Crippen LogP contribution in [0.1, 0.15) is 18.7 Å². The fraction of sp³-hybridized carbons (Fsp3) is 0.524. The third-order valence-electron chi connectivity index (χ3n) is 7.46. The van der Waals surface area contributed by atoms with Crippen molar-refractivity contribution in [3.8, 4) is 0 Å². The van der Waals surface area contributed by atoms with Gasteiger partial charge in [0.2, 0.25) is 5.95 Å². The number of H-pyrrole nitrogens is 1. The molecule has 6 heterocycles. The molecule has 0 amide bonds. The van der Waals surface area contributed by atoms with E-state index in [1.807, 2.05) is 0 Å². The molecule has 7 N–H and O–H groups in total. The van der Waals surface area contributed by atoms with Crippen LogP contribution in [0.15, 0.2) is 23.8 Å². The van der Waals surface area contributed by atoms with Crippen molar-refractivity contribution in [2.45, 2.75) is 55.4 Å². The van der Waals surface area contributed by atoms with Crippen LogP contribution in [0, 0.1) is 0 Å². The van der Waals surface area contributed by atoms with Gasteiger partial charge in [0.05, 0.1) is 31.4 Å². The Labute approximate surface area is 239 Å². The van der Waals surface area contributed by atoms with Gasteiger partial charge in [-0.3, -0.25) is 18.9 Å². The number of ether oxygens (including phenoxy) is 3. The molecule has 1 saturated carbocycles. The highest BCUT2D eigenvalue weighted by molar-refractivity contribution is 8.07. The second kappa shape index (κ2) is 10.2. The van der Waals surface area contributed by atoms with Crippen LogP contribution in [-0.4, -0.2) is 99.1 Å². The van der Waals surface area contributed by atoms with Crippen LogP contribution < -0.4 is 17.0 Å². The SMILES string of the molecule is Nc1nc2c(ncn2[C@@H]2C[C@@H]3OP(O)(=S)O[C@H]4[C@@H](F)[C@H](n5cnc6c(N)ncnc65)O[C@@H]4COCO[C@@H]2[C@@H]3O)c(=O)[nH]1. The Morgan fingerprint density at radius 2 is 1.86 bits per heavy atom. The zero-order chi connectivity index (χ0) is 29.3. The number of nitrogens with two attached hydrogens (primary N) is 2. The van der Waals surface area contributed by atoms with Crippen LogP contribution in [0.2, 0.25) is 0 Å². The molecule has 224 valence electrons. The maximum Gasteiger partial charge on any atom is 0.325 e. The van der Waals surface area contributed by atoms with E-state index in [0.717, 1.165) is 0 Å². The number of rotatable bonds is 2. The molecule has 1 unspecified atom stereocenters. The molecule has 3 fully saturated rings. The number of nitrogens with zero attached hydrogens (tertiary/aromatic N) is 7. The van der Waals surface area contributed by atoms with Gasteiger partial charge in [0.15, 0.2) is 35.0 Å². The second-order valence-electron chi connectivity index (χ2n) is 9.96. The fourth-order valence-corrected chi connectivity index (χ4v) is 7.39. The van der Waals surface area contributed by atoms with Crippen LogP contribution in [0.3, 0.4) is 0 Å². The summed E-state index contributed by atoms with van der Waals surface area (Å²) >= 11 is 5.26. The Kier molecular flexibility index (Phi) is 6.72. The van der Waals surface area contributed by atoms with Gasteiger partial charge < -0.3 is 44.8 Å². The minimum absolute atomic E-state index is 0.0277. The van der Waals surface area contributed by atoms with E-state index in [1.54, 1.807) is 0 Å². The minimum atomic E-state index is -4.20. The Balaban J connectivity index is 1.17. The number of aliphatic hydroxyl groups excluding tert-OH is 1. The van der Waals surface area contributed by atoms with Gasteiger partial charge in [-0.15, -0.1) is 0 Å². The summed E-state index contributed by atoms with van der Waals surface area (Å²) in [6.07, 6.45) is -5.16. The van der Waals surface area contributed by atoms with Crippen LogP contribution >= 0.6 is 6.72 Å². The molecule has 18 nitrogen and oxygen atoms in total. The highest BCUT2D eigenvalue weighted by atomic mass is 32.5. The van der Waals surface area contributed by atoms with Crippen molar-refractivity contribution in [2.75, 3.05) is 24.9 Å². The number of aromatic amines is 1. The van der Waals surface area contributed by atoms with E-state index >= 15 is 4.39 Å². The first-order chi connectivity index (χ1) is 20.1. The van der Waals surface area contributed by atoms with Gasteiger partial charge in [-0.05, 0) is 11.8 Å². The molecule has 7 rings (SSSR count). The lowest BCUT2D eigenvalue weighted by Crippen LogP contribution is -2.38. The summed E-state index contributed by atoms with van der Waals surface area (Å²) in [4.78, 5) is 46.2. The number of imidazole rings is 2. The average Bonchev–Trinajstić information content (AvgIpc) is 3.68. The molecular weight excluding hydrogens is 602 g/mol. The van der Waals surface area contributed by atoms with Gasteiger partial charge in [-0.25, -0.2) is 24.3 Å². The fourth-order valence-electron chi connectivity index (χ4n) is 5.60. The van der Waals surface area contributed by atoms with Crippen molar-refractivity contribution in [1.29, 1.82) is 0 Å². The Bertz CT molecular complexity index is 1770. The molecule has 9 atom stereocenters. The van der Waals surface area contributed by atoms with E-state index in [0.29, 0.717) is 0 Å². The summed E-state index contributed by atoms with van der Waals surface area (Å²) in [7, 11) is 0. The highest BCUT2D eigenvalue weighted by Gasteiger charge is 2.52. The molecular formula is C21H24FN10O8PS. The first-order valence-electron chi connectivity index (χ1n) is 12.6. The van der Waals surface area contributed by atoms with Gasteiger partial charge in [0.25, 0.3) is 5.56 Å². The Morgan fingerprint density at radius 1 is 1.07 bits per heavy atom. The molecule has 21 heteroatoms. The van der Waals surface area contributed by atoms with Gasteiger partial charge in [-0.2, -0.15) is 4.98 Å². The molecule has 2 bridgehead atoms. The smallest absolute Gasteiger partial charge is 0.325 e. The largest absolute Gasteiger partial charge is 0.388 e. The first kappa shape index (κ1) is 27.6. The van der Waals surface area contributed by atoms with E-state index in [4.69, 9.17) is 46.5 Å². The zero-order valence-electron chi connectivity index (χ0n) is 21.3. The van der Waals surface area contributed by atoms with Crippen LogP contribution in [-0.2, 0) is 35.1 Å². The number of hydrogen-bond acceptors (Lipinski definition) is 15. The van der Waals surface area contributed by atoms with Crippen molar-refractivity contribution in [3.05, 3.63) is 29.3 Å². The van der Waals surface area contributed by atoms with Gasteiger partial charge in [-0.1, -0.05) is 0 Å². The van der Waals surface area contributed by atoms with Gasteiger partial charge in [0.1, 0.15) is 43.1 Å². The topological polar surface area (TPSA) is 246 Å². The predicted molar refractivity (Wildman–Crippen MR) is 143 cm³/mol. The molecule has 42 heavy (non-hydrogen) atoms. The standard InChI is InChI=1S/C21H24FN10O8PS/c22-10-15-9(38-20(10)32-5-27-11-16(23)25-3-26-17(11)32)2-36-6-37-14-7(1-8(13(14)33)39-41(35,42)40-15)31-4-28-12-18(31)29-21(24)30-19(12)34/h3-5,7-10,13-15,20,33H,1-2,6H2,(H,35,42)(H2,23,25,26)(H3,24,29,30,34)/t7-,8+,9-,10-,13-,14+,15-,20-,41?/m1/s1. The zero-order valence-corrected chi connectivity index (χ0v) is 23.0.